The first-order valence-electron chi connectivity index (χ1n) is 5.74. The van der Waals surface area contributed by atoms with Crippen molar-refractivity contribution in [3.63, 3.8) is 0 Å². The molecule has 96 valence electrons. The number of hydrogen-bond donors (Lipinski definition) is 1. The SMILES string of the molecule is CCOC(=O)CNCc1c(Cl)oc2ccccc12. The number of carbonyl (C=O) groups is 1. The topological polar surface area (TPSA) is 51.5 Å². The summed E-state index contributed by atoms with van der Waals surface area (Å²) in [6, 6.07) is 7.60. The molecule has 1 N–H and O–H groups in total. The molecule has 0 aliphatic heterocycles. The minimum absolute atomic E-state index is 0.156. The Morgan fingerprint density at radius 2 is 2.22 bits per heavy atom. The van der Waals surface area contributed by atoms with Crippen molar-refractivity contribution in [3.8, 4) is 0 Å². The number of carbonyl (C=O) groups excluding carboxylic acids is 1. The predicted molar refractivity (Wildman–Crippen MR) is 69.6 cm³/mol. The van der Waals surface area contributed by atoms with Crippen molar-refractivity contribution in [1.29, 1.82) is 0 Å². The summed E-state index contributed by atoms with van der Waals surface area (Å²) in [6.45, 7) is 2.78. The monoisotopic (exact) mass is 267 g/mol. The van der Waals surface area contributed by atoms with Crippen LogP contribution >= 0.6 is 11.6 Å². The zero-order valence-corrected chi connectivity index (χ0v) is 10.8. The molecule has 2 rings (SSSR count). The van der Waals surface area contributed by atoms with E-state index in [0.29, 0.717) is 18.4 Å². The molecule has 0 unspecified atom stereocenters. The fourth-order valence-corrected chi connectivity index (χ4v) is 1.99. The van der Waals surface area contributed by atoms with Gasteiger partial charge in [-0.05, 0) is 24.6 Å². The molecule has 5 heteroatoms. The molecule has 1 aromatic heterocycles. The second kappa shape index (κ2) is 5.89. The van der Waals surface area contributed by atoms with Gasteiger partial charge in [-0.3, -0.25) is 4.79 Å². The van der Waals surface area contributed by atoms with Crippen molar-refractivity contribution in [1.82, 2.24) is 5.32 Å². The highest BCUT2D eigenvalue weighted by Gasteiger charge is 2.12. The molecule has 0 aliphatic carbocycles. The third-order valence-corrected chi connectivity index (χ3v) is 2.83. The summed E-state index contributed by atoms with van der Waals surface area (Å²) in [5.41, 5.74) is 1.60. The number of nitrogens with one attached hydrogen (secondary N) is 1. The number of rotatable bonds is 5. The molecule has 18 heavy (non-hydrogen) atoms. The van der Waals surface area contributed by atoms with Gasteiger partial charge in [-0.25, -0.2) is 0 Å². The Balaban J connectivity index is 2.03. The zero-order chi connectivity index (χ0) is 13.0. The van der Waals surface area contributed by atoms with E-state index in [1.54, 1.807) is 6.92 Å². The van der Waals surface area contributed by atoms with Crippen molar-refractivity contribution in [2.24, 2.45) is 0 Å². The highest BCUT2D eigenvalue weighted by atomic mass is 35.5. The molecule has 0 saturated heterocycles. The number of para-hydroxylation sites is 1. The molecule has 0 spiro atoms. The average molecular weight is 268 g/mol. The van der Waals surface area contributed by atoms with Gasteiger partial charge in [0.1, 0.15) is 5.58 Å². The number of halogens is 1. The second-order valence-electron chi connectivity index (χ2n) is 3.76. The fourth-order valence-electron chi connectivity index (χ4n) is 1.74. The summed E-state index contributed by atoms with van der Waals surface area (Å²) < 4.78 is 10.2. The lowest BCUT2D eigenvalue weighted by molar-refractivity contribution is -0.142. The molecule has 2 aromatic rings. The first-order chi connectivity index (χ1) is 8.72. The van der Waals surface area contributed by atoms with Crippen LogP contribution < -0.4 is 5.32 Å². The van der Waals surface area contributed by atoms with Gasteiger partial charge in [-0.15, -0.1) is 0 Å². The molecule has 0 atom stereocenters. The van der Waals surface area contributed by atoms with E-state index in [2.05, 4.69) is 5.32 Å². The van der Waals surface area contributed by atoms with Crippen molar-refractivity contribution < 1.29 is 13.9 Å². The van der Waals surface area contributed by atoms with Gasteiger partial charge in [-0.2, -0.15) is 0 Å². The van der Waals surface area contributed by atoms with Gasteiger partial charge < -0.3 is 14.5 Å². The summed E-state index contributed by atoms with van der Waals surface area (Å²) in [6.07, 6.45) is 0. The van der Waals surface area contributed by atoms with E-state index in [-0.39, 0.29) is 12.5 Å². The zero-order valence-electron chi connectivity index (χ0n) is 10.0. The van der Waals surface area contributed by atoms with Crippen molar-refractivity contribution in [3.05, 3.63) is 35.0 Å². The summed E-state index contributed by atoms with van der Waals surface area (Å²) in [5.74, 6) is -0.276. The number of ether oxygens (including phenoxy) is 1. The first-order valence-corrected chi connectivity index (χ1v) is 6.12. The van der Waals surface area contributed by atoms with Gasteiger partial charge in [-0.1, -0.05) is 18.2 Å². The van der Waals surface area contributed by atoms with Gasteiger partial charge in [0.05, 0.1) is 13.2 Å². The maximum absolute atomic E-state index is 11.2. The van der Waals surface area contributed by atoms with Crippen LogP contribution in [0.1, 0.15) is 12.5 Å². The Bertz CT molecular complexity index is 550. The first kappa shape index (κ1) is 12.9. The predicted octanol–water partition coefficient (Wildman–Crippen LogP) is 2.74. The normalized spacial score (nSPS) is 10.8. The summed E-state index contributed by atoms with van der Waals surface area (Å²) in [4.78, 5) is 11.2. The number of benzene rings is 1. The number of esters is 1. The molecule has 1 heterocycles. The number of hydrogen-bond acceptors (Lipinski definition) is 4. The summed E-state index contributed by atoms with van der Waals surface area (Å²) >= 11 is 6.02. The highest BCUT2D eigenvalue weighted by molar-refractivity contribution is 6.30. The van der Waals surface area contributed by atoms with E-state index in [4.69, 9.17) is 20.8 Å². The molecular formula is C13H14ClNO3. The maximum atomic E-state index is 11.2. The van der Waals surface area contributed by atoms with Gasteiger partial charge in [0.25, 0.3) is 0 Å². The Morgan fingerprint density at radius 1 is 1.44 bits per heavy atom. The minimum atomic E-state index is -0.276. The molecule has 0 aliphatic rings. The molecule has 1 aromatic carbocycles. The van der Waals surface area contributed by atoms with E-state index >= 15 is 0 Å². The van der Waals surface area contributed by atoms with Gasteiger partial charge in [0.2, 0.25) is 0 Å². The maximum Gasteiger partial charge on any atom is 0.319 e. The Hall–Kier alpha value is -1.52. The van der Waals surface area contributed by atoms with Crippen molar-refractivity contribution in [2.75, 3.05) is 13.2 Å². The van der Waals surface area contributed by atoms with Crippen LogP contribution in [0.4, 0.5) is 0 Å². The van der Waals surface area contributed by atoms with Gasteiger partial charge >= 0.3 is 5.97 Å². The van der Waals surface area contributed by atoms with Crippen LogP contribution in [0, 0.1) is 0 Å². The molecule has 0 saturated carbocycles. The lowest BCUT2D eigenvalue weighted by atomic mass is 10.2. The molecular weight excluding hydrogens is 254 g/mol. The van der Waals surface area contributed by atoms with Crippen LogP contribution in [-0.2, 0) is 16.1 Å². The largest absolute Gasteiger partial charge is 0.465 e. The van der Waals surface area contributed by atoms with Crippen molar-refractivity contribution in [2.45, 2.75) is 13.5 Å². The molecule has 0 amide bonds. The Labute approximate surface area is 110 Å². The van der Waals surface area contributed by atoms with Crippen LogP contribution in [0.5, 0.6) is 0 Å². The van der Waals surface area contributed by atoms with Crippen LogP contribution in [0.15, 0.2) is 28.7 Å². The smallest absolute Gasteiger partial charge is 0.319 e. The minimum Gasteiger partial charge on any atom is -0.465 e. The van der Waals surface area contributed by atoms with E-state index < -0.39 is 0 Å². The van der Waals surface area contributed by atoms with Crippen molar-refractivity contribution >= 4 is 28.5 Å². The van der Waals surface area contributed by atoms with E-state index in [1.165, 1.54) is 0 Å². The molecule has 4 nitrogen and oxygen atoms in total. The van der Waals surface area contributed by atoms with Crippen LogP contribution in [0.2, 0.25) is 5.22 Å². The number of furan rings is 1. The fraction of sp³-hybridized carbons (Fsp3) is 0.308. The molecule has 0 radical (unpaired) electrons. The van der Waals surface area contributed by atoms with E-state index in [0.717, 1.165) is 16.5 Å². The highest BCUT2D eigenvalue weighted by Crippen LogP contribution is 2.29. The average Bonchev–Trinajstić information content (AvgIpc) is 2.66. The molecule has 0 fully saturated rings. The van der Waals surface area contributed by atoms with E-state index in [9.17, 15) is 4.79 Å². The third-order valence-electron chi connectivity index (χ3n) is 2.53. The van der Waals surface area contributed by atoms with Gasteiger partial charge in [0, 0.05) is 17.5 Å². The van der Waals surface area contributed by atoms with Crippen LogP contribution in [0.3, 0.4) is 0 Å². The Morgan fingerprint density at radius 3 is 3.00 bits per heavy atom. The van der Waals surface area contributed by atoms with Crippen LogP contribution in [-0.4, -0.2) is 19.1 Å². The van der Waals surface area contributed by atoms with Gasteiger partial charge in [0.15, 0.2) is 5.22 Å². The summed E-state index contributed by atoms with van der Waals surface area (Å²) in [7, 11) is 0. The summed E-state index contributed by atoms with van der Waals surface area (Å²) in [5, 5.41) is 4.30. The quantitative estimate of drug-likeness (QED) is 0.847. The van der Waals surface area contributed by atoms with E-state index in [1.807, 2.05) is 24.3 Å². The molecule has 0 bridgehead atoms. The lowest BCUT2D eigenvalue weighted by Gasteiger charge is -2.03. The lowest BCUT2D eigenvalue weighted by Crippen LogP contribution is -2.24. The third kappa shape index (κ3) is 2.83. The number of fused-ring (bicyclic) bond motifs is 1. The standard InChI is InChI=1S/C13H14ClNO3/c1-2-17-12(16)8-15-7-10-9-5-3-4-6-11(9)18-13(10)14/h3-6,15H,2,7-8H2,1H3. The van der Waals surface area contributed by atoms with Crippen LogP contribution in [0.25, 0.3) is 11.0 Å². The Kier molecular flexibility index (Phi) is 4.23. The second-order valence-corrected chi connectivity index (χ2v) is 4.10.